The van der Waals surface area contributed by atoms with Crippen LogP contribution in [0.25, 0.3) is 11.0 Å². The third-order valence-corrected chi connectivity index (χ3v) is 10.4. The summed E-state index contributed by atoms with van der Waals surface area (Å²) in [7, 11) is 0. The minimum absolute atomic E-state index is 0.0966. The van der Waals surface area contributed by atoms with Gasteiger partial charge < -0.3 is 23.4 Å². The molecule has 12 heteroatoms. The molecule has 0 unspecified atom stereocenters. The predicted octanol–water partition coefficient (Wildman–Crippen LogP) is 5.19. The van der Waals surface area contributed by atoms with Gasteiger partial charge in [0, 0.05) is 42.3 Å². The standard InChI is InChI=1S/C31H38ClN3O8/c1-17-5-8-24-19(3)28(40-29-31(24)23(17)9-11-30(4,41-29)42-43-31)38-13-10-20-16-35(34-33-20)12-14-37-21-6-7-22-18(2)26(32)27(36)39-25(22)15-21/h6-7,15-17,19,23-24,28-29H,5,8-14H2,1-4H3/t17-,19-,23+,24+,28+,29-,30-,31-/m1/s1. The van der Waals surface area contributed by atoms with Gasteiger partial charge in [-0.15, -0.1) is 5.10 Å². The lowest BCUT2D eigenvalue weighted by molar-refractivity contribution is -0.577. The van der Waals surface area contributed by atoms with E-state index in [9.17, 15) is 4.79 Å². The third-order valence-electron chi connectivity index (χ3n) is 9.98. The van der Waals surface area contributed by atoms with E-state index in [4.69, 9.17) is 44.7 Å². The molecule has 4 saturated heterocycles. The minimum Gasteiger partial charge on any atom is -0.492 e. The lowest BCUT2D eigenvalue weighted by atomic mass is 9.58. The van der Waals surface area contributed by atoms with E-state index in [0.29, 0.717) is 54.9 Å². The summed E-state index contributed by atoms with van der Waals surface area (Å²) >= 11 is 6.02. The number of fused-ring (bicyclic) bond motifs is 3. The largest absolute Gasteiger partial charge is 0.492 e. The molecule has 232 valence electrons. The van der Waals surface area contributed by atoms with Gasteiger partial charge in [-0.25, -0.2) is 19.3 Å². The molecule has 3 aromatic rings. The van der Waals surface area contributed by atoms with Crippen molar-refractivity contribution < 1.29 is 33.1 Å². The fourth-order valence-corrected chi connectivity index (χ4v) is 7.70. The topological polar surface area (TPSA) is 116 Å². The van der Waals surface area contributed by atoms with Gasteiger partial charge in [0.25, 0.3) is 0 Å². The number of hydrogen-bond donors (Lipinski definition) is 0. The summed E-state index contributed by atoms with van der Waals surface area (Å²) in [5.41, 5.74) is 0.791. The highest BCUT2D eigenvalue weighted by Gasteiger charge is 2.69. The van der Waals surface area contributed by atoms with Crippen LogP contribution in [0.5, 0.6) is 5.75 Å². The maximum atomic E-state index is 11.9. The van der Waals surface area contributed by atoms with E-state index in [1.165, 1.54) is 0 Å². The number of rotatable bonds is 8. The Bertz CT molecular complexity index is 1560. The van der Waals surface area contributed by atoms with Gasteiger partial charge in [-0.1, -0.05) is 30.7 Å². The third kappa shape index (κ3) is 5.07. The predicted molar refractivity (Wildman–Crippen MR) is 154 cm³/mol. The van der Waals surface area contributed by atoms with Crippen LogP contribution in [0.15, 0.2) is 33.6 Å². The number of benzene rings is 1. The Hall–Kier alpha value is -2.54. The number of aromatic nitrogens is 3. The molecule has 4 aliphatic heterocycles. The number of halogens is 1. The quantitative estimate of drug-likeness (QED) is 0.247. The molecular formula is C31H38ClN3O8. The van der Waals surface area contributed by atoms with Crippen molar-refractivity contribution in [3.8, 4) is 5.75 Å². The monoisotopic (exact) mass is 615 g/mol. The Kier molecular flexibility index (Phi) is 7.55. The van der Waals surface area contributed by atoms with Gasteiger partial charge in [0.2, 0.25) is 5.79 Å². The summed E-state index contributed by atoms with van der Waals surface area (Å²) in [5.74, 6) is 0.978. The second kappa shape index (κ2) is 11.1. The second-order valence-corrected chi connectivity index (χ2v) is 13.1. The van der Waals surface area contributed by atoms with Crippen molar-refractivity contribution in [1.29, 1.82) is 0 Å². The van der Waals surface area contributed by atoms with Crippen LogP contribution >= 0.6 is 11.6 Å². The Labute approximate surface area is 254 Å². The van der Waals surface area contributed by atoms with Crippen molar-refractivity contribution in [1.82, 2.24) is 15.0 Å². The van der Waals surface area contributed by atoms with Gasteiger partial charge in [0.05, 0.1) is 18.8 Å². The van der Waals surface area contributed by atoms with Crippen molar-refractivity contribution in [2.45, 2.75) is 90.3 Å². The zero-order valence-corrected chi connectivity index (χ0v) is 25.7. The van der Waals surface area contributed by atoms with Crippen LogP contribution < -0.4 is 10.4 Å². The van der Waals surface area contributed by atoms with Crippen LogP contribution in [0.2, 0.25) is 5.02 Å². The number of hydrogen-bond acceptors (Lipinski definition) is 10. The molecule has 0 amide bonds. The molecule has 2 aromatic heterocycles. The van der Waals surface area contributed by atoms with Crippen LogP contribution in [0.1, 0.15) is 57.7 Å². The summed E-state index contributed by atoms with van der Waals surface area (Å²) in [6.07, 6.45) is 5.53. The molecule has 0 N–H and O–H groups in total. The zero-order valence-electron chi connectivity index (χ0n) is 24.9. The van der Waals surface area contributed by atoms with E-state index in [2.05, 4.69) is 24.2 Å². The lowest BCUT2D eigenvalue weighted by Gasteiger charge is -2.60. The molecule has 0 radical (unpaired) electrons. The first-order chi connectivity index (χ1) is 20.7. The van der Waals surface area contributed by atoms with E-state index in [0.717, 1.165) is 36.8 Å². The highest BCUT2D eigenvalue weighted by atomic mass is 35.5. The van der Waals surface area contributed by atoms with E-state index in [-0.39, 0.29) is 16.9 Å². The van der Waals surface area contributed by atoms with E-state index >= 15 is 0 Å². The summed E-state index contributed by atoms with van der Waals surface area (Å²) < 4.78 is 32.2. The first kappa shape index (κ1) is 29.2. The van der Waals surface area contributed by atoms with Gasteiger partial charge in [-0.05, 0) is 62.6 Å². The Morgan fingerprint density at radius 2 is 2.00 bits per heavy atom. The lowest BCUT2D eigenvalue weighted by Crippen LogP contribution is -2.70. The average molecular weight is 616 g/mol. The first-order valence-electron chi connectivity index (χ1n) is 15.2. The number of aryl methyl sites for hydroxylation is 1. The molecule has 5 aliphatic rings. The Morgan fingerprint density at radius 1 is 1.14 bits per heavy atom. The van der Waals surface area contributed by atoms with Gasteiger partial charge in [-0.2, -0.15) is 0 Å². The molecular weight excluding hydrogens is 578 g/mol. The van der Waals surface area contributed by atoms with E-state index in [1.54, 1.807) is 17.7 Å². The summed E-state index contributed by atoms with van der Waals surface area (Å²) in [6.45, 7) is 9.53. The number of nitrogens with zero attached hydrogens (tertiary/aromatic N) is 3. The average Bonchev–Trinajstić information content (AvgIpc) is 3.31. The van der Waals surface area contributed by atoms with Crippen molar-refractivity contribution in [2.75, 3.05) is 13.2 Å². The van der Waals surface area contributed by atoms with Crippen LogP contribution in [0, 0.1) is 30.6 Å². The van der Waals surface area contributed by atoms with E-state index in [1.807, 2.05) is 25.3 Å². The molecule has 6 heterocycles. The van der Waals surface area contributed by atoms with Crippen LogP contribution in [0.4, 0.5) is 0 Å². The molecule has 2 bridgehead atoms. The van der Waals surface area contributed by atoms with Crippen molar-refractivity contribution >= 4 is 22.6 Å². The molecule has 8 rings (SSSR count). The SMILES string of the molecule is Cc1c(Cl)c(=O)oc2cc(OCCn3cc(CCO[C@H]4O[C@@H]5O[C@@]6(C)CC[C@H]7[C@H](C)CC[C@@H]([C@H]4C)[C@@]57OO6)nn3)ccc12. The summed E-state index contributed by atoms with van der Waals surface area (Å²) in [5, 5.41) is 9.40. The van der Waals surface area contributed by atoms with Crippen LogP contribution in [0.3, 0.4) is 0 Å². The smallest absolute Gasteiger partial charge is 0.355 e. The van der Waals surface area contributed by atoms with Crippen molar-refractivity contribution in [3.63, 3.8) is 0 Å². The van der Waals surface area contributed by atoms with Crippen LogP contribution in [-0.4, -0.2) is 52.2 Å². The highest BCUT2D eigenvalue weighted by Crippen LogP contribution is 2.60. The highest BCUT2D eigenvalue weighted by molar-refractivity contribution is 6.31. The minimum atomic E-state index is -0.803. The summed E-state index contributed by atoms with van der Waals surface area (Å²) in [4.78, 5) is 24.0. The van der Waals surface area contributed by atoms with Gasteiger partial charge in [0.15, 0.2) is 18.2 Å². The van der Waals surface area contributed by atoms with Gasteiger partial charge in [0.1, 0.15) is 23.0 Å². The summed E-state index contributed by atoms with van der Waals surface area (Å²) in [6, 6.07) is 5.35. The second-order valence-electron chi connectivity index (χ2n) is 12.7. The fraction of sp³-hybridized carbons (Fsp3) is 0.645. The Morgan fingerprint density at radius 3 is 2.86 bits per heavy atom. The maximum Gasteiger partial charge on any atom is 0.355 e. The Balaban J connectivity index is 0.933. The normalized spacial score (nSPS) is 35.1. The molecule has 1 aliphatic carbocycles. The molecule has 1 aromatic carbocycles. The van der Waals surface area contributed by atoms with Crippen LogP contribution in [-0.2, 0) is 37.0 Å². The van der Waals surface area contributed by atoms with Gasteiger partial charge in [-0.3, -0.25) is 0 Å². The van der Waals surface area contributed by atoms with Gasteiger partial charge >= 0.3 is 5.63 Å². The molecule has 5 fully saturated rings. The molecule has 11 nitrogen and oxygen atoms in total. The number of ether oxygens (including phenoxy) is 4. The molecule has 1 spiro atoms. The molecule has 43 heavy (non-hydrogen) atoms. The maximum absolute atomic E-state index is 11.9. The fourth-order valence-electron chi connectivity index (χ4n) is 7.56. The van der Waals surface area contributed by atoms with Crippen molar-refractivity contribution in [2.24, 2.45) is 23.7 Å². The zero-order chi connectivity index (χ0) is 29.9. The van der Waals surface area contributed by atoms with E-state index < -0.39 is 29.6 Å². The molecule has 1 saturated carbocycles. The molecule has 8 atom stereocenters. The van der Waals surface area contributed by atoms with Crippen molar-refractivity contribution in [3.05, 3.63) is 51.1 Å². The first-order valence-corrected chi connectivity index (χ1v) is 15.6.